The second-order valence-corrected chi connectivity index (χ2v) is 6.00. The molecule has 0 saturated carbocycles. The highest BCUT2D eigenvalue weighted by atomic mass is 127. The summed E-state index contributed by atoms with van der Waals surface area (Å²) in [4.78, 5) is 12.2. The van der Waals surface area contributed by atoms with E-state index in [1.807, 2.05) is 55.5 Å². The molecule has 2 rings (SSSR count). The van der Waals surface area contributed by atoms with Gasteiger partial charge >= 0.3 is 0 Å². The van der Waals surface area contributed by atoms with E-state index in [9.17, 15) is 4.79 Å². The Morgan fingerprint density at radius 2 is 1.77 bits per heavy atom. The zero-order valence-electron chi connectivity index (χ0n) is 12.5. The fourth-order valence-electron chi connectivity index (χ4n) is 1.88. The maximum Gasteiger partial charge on any atom is 0.252 e. The van der Waals surface area contributed by atoms with Gasteiger partial charge < -0.3 is 14.8 Å². The minimum absolute atomic E-state index is 0.0872. The Morgan fingerprint density at radius 1 is 1.14 bits per heavy atom. The minimum Gasteiger partial charge on any atom is -0.497 e. The maximum atomic E-state index is 12.2. The molecule has 1 unspecified atom stereocenters. The molecule has 2 aromatic carbocycles. The highest BCUT2D eigenvalue weighted by molar-refractivity contribution is 14.1. The van der Waals surface area contributed by atoms with Crippen LogP contribution < -0.4 is 14.8 Å². The van der Waals surface area contributed by atoms with Crippen molar-refractivity contribution in [2.24, 2.45) is 0 Å². The van der Waals surface area contributed by atoms with Crippen molar-refractivity contribution in [1.82, 2.24) is 5.32 Å². The Balaban J connectivity index is 1.86. The standard InChI is InChI=1S/C17H18INO3/c1-12(11-22-14-9-7-13(21-2)8-10-14)19-17(20)15-5-3-4-6-16(15)18/h3-10,12H,11H2,1-2H3,(H,19,20). The predicted octanol–water partition coefficient (Wildman–Crippen LogP) is 3.50. The fraction of sp³-hybridized carbons (Fsp3) is 0.235. The maximum absolute atomic E-state index is 12.2. The lowest BCUT2D eigenvalue weighted by molar-refractivity contribution is 0.0926. The number of ether oxygens (including phenoxy) is 2. The number of halogens is 1. The smallest absolute Gasteiger partial charge is 0.252 e. The van der Waals surface area contributed by atoms with Gasteiger partial charge in [0.05, 0.1) is 18.7 Å². The third-order valence-corrected chi connectivity index (χ3v) is 4.00. The van der Waals surface area contributed by atoms with Crippen LogP contribution in [0.1, 0.15) is 17.3 Å². The average molecular weight is 411 g/mol. The number of nitrogens with one attached hydrogen (secondary N) is 1. The number of carbonyl (C=O) groups excluding carboxylic acids is 1. The SMILES string of the molecule is COc1ccc(OCC(C)NC(=O)c2ccccc2I)cc1. The van der Waals surface area contributed by atoms with E-state index in [1.165, 1.54) is 0 Å². The van der Waals surface area contributed by atoms with E-state index in [4.69, 9.17) is 9.47 Å². The number of hydrogen-bond acceptors (Lipinski definition) is 3. The van der Waals surface area contributed by atoms with Crippen LogP contribution >= 0.6 is 22.6 Å². The molecule has 0 aromatic heterocycles. The first-order valence-corrected chi connectivity index (χ1v) is 8.00. The van der Waals surface area contributed by atoms with Crippen molar-refractivity contribution in [2.45, 2.75) is 13.0 Å². The van der Waals surface area contributed by atoms with Gasteiger partial charge in [0.2, 0.25) is 0 Å². The van der Waals surface area contributed by atoms with Gasteiger partial charge in [-0.2, -0.15) is 0 Å². The average Bonchev–Trinajstić information content (AvgIpc) is 2.53. The van der Waals surface area contributed by atoms with Crippen LogP contribution in [-0.4, -0.2) is 25.7 Å². The van der Waals surface area contributed by atoms with E-state index in [0.717, 1.165) is 15.1 Å². The first kappa shape index (κ1) is 16.6. The first-order valence-electron chi connectivity index (χ1n) is 6.92. The number of carbonyl (C=O) groups is 1. The second-order valence-electron chi connectivity index (χ2n) is 4.84. The summed E-state index contributed by atoms with van der Waals surface area (Å²) in [7, 11) is 1.62. The predicted molar refractivity (Wildman–Crippen MR) is 94.6 cm³/mol. The van der Waals surface area contributed by atoms with Crippen molar-refractivity contribution < 1.29 is 14.3 Å². The van der Waals surface area contributed by atoms with Gasteiger partial charge in [0.15, 0.2) is 0 Å². The van der Waals surface area contributed by atoms with Gasteiger partial charge in [-0.1, -0.05) is 12.1 Å². The second kappa shape index (κ2) is 8.03. The minimum atomic E-state index is -0.0920. The summed E-state index contributed by atoms with van der Waals surface area (Å²) in [6, 6.07) is 14.8. The molecule has 0 heterocycles. The summed E-state index contributed by atoms with van der Waals surface area (Å²) in [5.74, 6) is 1.44. The Hall–Kier alpha value is -1.76. The van der Waals surface area contributed by atoms with Crippen molar-refractivity contribution in [3.8, 4) is 11.5 Å². The summed E-state index contributed by atoms with van der Waals surface area (Å²) in [5.41, 5.74) is 0.680. The Kier molecular flexibility index (Phi) is 6.06. The van der Waals surface area contributed by atoms with Gasteiger partial charge in [0, 0.05) is 3.57 Å². The Bertz CT molecular complexity index is 628. The lowest BCUT2D eigenvalue weighted by Crippen LogP contribution is -2.37. The molecule has 0 bridgehead atoms. The third kappa shape index (κ3) is 4.62. The summed E-state index contributed by atoms with van der Waals surface area (Å²) >= 11 is 2.16. The van der Waals surface area contributed by atoms with Crippen LogP contribution in [0.15, 0.2) is 48.5 Å². The van der Waals surface area contributed by atoms with Gasteiger partial charge in [0.25, 0.3) is 5.91 Å². The van der Waals surface area contributed by atoms with E-state index in [2.05, 4.69) is 27.9 Å². The molecule has 116 valence electrons. The molecule has 4 nitrogen and oxygen atoms in total. The van der Waals surface area contributed by atoms with Crippen LogP contribution in [0.4, 0.5) is 0 Å². The van der Waals surface area contributed by atoms with Crippen LogP contribution in [0, 0.1) is 3.57 Å². The Morgan fingerprint density at radius 3 is 2.41 bits per heavy atom. The molecular weight excluding hydrogens is 393 g/mol. The summed E-state index contributed by atoms with van der Waals surface area (Å²) < 4.78 is 11.7. The first-order chi connectivity index (χ1) is 10.6. The number of hydrogen-bond donors (Lipinski definition) is 1. The molecule has 22 heavy (non-hydrogen) atoms. The fourth-order valence-corrected chi connectivity index (χ4v) is 2.51. The van der Waals surface area contributed by atoms with Crippen molar-refractivity contribution in [3.05, 3.63) is 57.7 Å². The third-order valence-electron chi connectivity index (χ3n) is 3.06. The summed E-state index contributed by atoms with van der Waals surface area (Å²) in [6.07, 6.45) is 0. The molecule has 0 radical (unpaired) electrons. The summed E-state index contributed by atoms with van der Waals surface area (Å²) in [5, 5.41) is 2.94. The number of methoxy groups -OCH3 is 1. The van der Waals surface area contributed by atoms with E-state index in [0.29, 0.717) is 12.2 Å². The van der Waals surface area contributed by atoms with Crippen LogP contribution in [0.5, 0.6) is 11.5 Å². The van der Waals surface area contributed by atoms with Crippen LogP contribution in [0.2, 0.25) is 0 Å². The van der Waals surface area contributed by atoms with Crippen molar-refractivity contribution in [2.75, 3.05) is 13.7 Å². The van der Waals surface area contributed by atoms with Crippen LogP contribution in [0.25, 0.3) is 0 Å². The van der Waals surface area contributed by atoms with Crippen LogP contribution in [-0.2, 0) is 0 Å². The molecule has 1 atom stereocenters. The van der Waals surface area contributed by atoms with E-state index in [1.54, 1.807) is 7.11 Å². The zero-order valence-corrected chi connectivity index (χ0v) is 14.7. The quantitative estimate of drug-likeness (QED) is 0.741. The molecule has 0 saturated heterocycles. The molecule has 5 heteroatoms. The molecule has 0 aliphatic heterocycles. The monoisotopic (exact) mass is 411 g/mol. The van der Waals surface area contributed by atoms with Crippen molar-refractivity contribution in [1.29, 1.82) is 0 Å². The van der Waals surface area contributed by atoms with Crippen LogP contribution in [0.3, 0.4) is 0 Å². The largest absolute Gasteiger partial charge is 0.497 e. The van der Waals surface area contributed by atoms with Gasteiger partial charge in [0.1, 0.15) is 18.1 Å². The molecule has 0 spiro atoms. The number of rotatable bonds is 6. The van der Waals surface area contributed by atoms with E-state index < -0.39 is 0 Å². The molecule has 2 aromatic rings. The highest BCUT2D eigenvalue weighted by Gasteiger charge is 2.12. The topological polar surface area (TPSA) is 47.6 Å². The molecular formula is C17H18INO3. The van der Waals surface area contributed by atoms with Gasteiger partial charge in [-0.05, 0) is 65.9 Å². The highest BCUT2D eigenvalue weighted by Crippen LogP contribution is 2.17. The van der Waals surface area contributed by atoms with Gasteiger partial charge in [-0.15, -0.1) is 0 Å². The van der Waals surface area contributed by atoms with Crippen molar-refractivity contribution >= 4 is 28.5 Å². The molecule has 0 aliphatic carbocycles. The van der Waals surface area contributed by atoms with Gasteiger partial charge in [-0.3, -0.25) is 4.79 Å². The van der Waals surface area contributed by atoms with Crippen molar-refractivity contribution in [3.63, 3.8) is 0 Å². The van der Waals surface area contributed by atoms with E-state index >= 15 is 0 Å². The summed E-state index contributed by atoms with van der Waals surface area (Å²) in [6.45, 7) is 2.32. The number of amides is 1. The van der Waals surface area contributed by atoms with E-state index in [-0.39, 0.29) is 11.9 Å². The lowest BCUT2D eigenvalue weighted by Gasteiger charge is -2.15. The molecule has 0 fully saturated rings. The van der Waals surface area contributed by atoms with Gasteiger partial charge in [-0.25, -0.2) is 0 Å². The Labute approximate surface area is 144 Å². The normalized spacial score (nSPS) is 11.6. The molecule has 1 amide bonds. The lowest BCUT2D eigenvalue weighted by atomic mass is 10.2. The molecule has 1 N–H and O–H groups in total. The zero-order chi connectivity index (χ0) is 15.9. The number of benzene rings is 2. The molecule has 0 aliphatic rings.